The molecule has 0 radical (unpaired) electrons. The molecule has 7 nitrogen and oxygen atoms in total. The molecule has 1 N–H and O–H groups in total. The highest BCUT2D eigenvalue weighted by Gasteiger charge is 2.30. The normalized spacial score (nSPS) is 13.4. The second-order valence-electron chi connectivity index (χ2n) is 7.72. The zero-order chi connectivity index (χ0) is 22.4. The van der Waals surface area contributed by atoms with Gasteiger partial charge in [0.1, 0.15) is 29.4 Å². The molecule has 0 unspecified atom stereocenters. The van der Waals surface area contributed by atoms with Crippen LogP contribution in [0.15, 0.2) is 42.9 Å². The lowest BCUT2D eigenvalue weighted by atomic mass is 10.0. The first kappa shape index (κ1) is 20.0. The minimum atomic E-state index is -0.720. The molecule has 32 heavy (non-hydrogen) atoms. The molecule has 1 aliphatic rings. The summed E-state index contributed by atoms with van der Waals surface area (Å²) in [5.41, 5.74) is 1.81. The van der Waals surface area contributed by atoms with Crippen LogP contribution in [0.1, 0.15) is 12.8 Å². The molecule has 1 fully saturated rings. The number of ether oxygens (including phenoxy) is 1. The van der Waals surface area contributed by atoms with Crippen LogP contribution in [-0.4, -0.2) is 32.8 Å². The van der Waals surface area contributed by atoms with E-state index in [1.165, 1.54) is 36.3 Å². The summed E-state index contributed by atoms with van der Waals surface area (Å²) in [6, 6.07) is 7.09. The van der Waals surface area contributed by atoms with Crippen LogP contribution < -0.4 is 10.1 Å². The van der Waals surface area contributed by atoms with Gasteiger partial charge in [-0.15, -0.1) is 0 Å². The number of benzene rings is 2. The molecule has 1 aliphatic carbocycles. The van der Waals surface area contributed by atoms with Gasteiger partial charge in [-0.2, -0.15) is 5.10 Å². The molecule has 0 atom stereocenters. The fraction of sp³-hybridized carbons (Fsp3) is 0.217. The van der Waals surface area contributed by atoms with Gasteiger partial charge in [0, 0.05) is 36.2 Å². The van der Waals surface area contributed by atoms with E-state index >= 15 is 0 Å². The molecular formula is C23H19F2N5O2. The molecule has 4 aromatic rings. The lowest BCUT2D eigenvalue weighted by Gasteiger charge is -2.13. The van der Waals surface area contributed by atoms with E-state index in [9.17, 15) is 13.6 Å². The number of carbonyl (C=O) groups is 1. The highest BCUT2D eigenvalue weighted by molar-refractivity contribution is 6.02. The topological polar surface area (TPSA) is 81.9 Å². The van der Waals surface area contributed by atoms with Crippen LogP contribution in [-0.2, 0) is 11.8 Å². The number of nitrogens with one attached hydrogen (secondary N) is 1. The van der Waals surface area contributed by atoms with Gasteiger partial charge in [-0.25, -0.2) is 18.7 Å². The number of aromatic nitrogens is 4. The third-order valence-electron chi connectivity index (χ3n) is 5.45. The number of carbonyl (C=O) groups excluding carboxylic acids is 1. The Morgan fingerprint density at radius 2 is 1.91 bits per heavy atom. The van der Waals surface area contributed by atoms with Crippen molar-refractivity contribution in [3.63, 3.8) is 0 Å². The Bertz CT molecular complexity index is 1340. The molecule has 2 heterocycles. The zero-order valence-electron chi connectivity index (χ0n) is 17.4. The van der Waals surface area contributed by atoms with Gasteiger partial charge in [-0.1, -0.05) is 6.07 Å². The number of hydrogen-bond acceptors (Lipinski definition) is 5. The second kappa shape index (κ2) is 7.67. The minimum Gasteiger partial charge on any atom is -0.494 e. The highest BCUT2D eigenvalue weighted by atomic mass is 19.1. The first-order chi connectivity index (χ1) is 15.5. The fourth-order valence-corrected chi connectivity index (χ4v) is 3.72. The van der Waals surface area contributed by atoms with E-state index in [2.05, 4.69) is 20.4 Å². The van der Waals surface area contributed by atoms with Crippen LogP contribution in [0.2, 0.25) is 0 Å². The molecule has 0 saturated heterocycles. The molecule has 1 saturated carbocycles. The Morgan fingerprint density at radius 3 is 2.59 bits per heavy atom. The van der Waals surface area contributed by atoms with Crippen molar-refractivity contribution < 1.29 is 18.3 Å². The molecule has 5 rings (SSSR count). The maximum atomic E-state index is 14.6. The lowest BCUT2D eigenvalue weighted by molar-refractivity contribution is -0.117. The molecule has 2 aromatic heterocycles. The van der Waals surface area contributed by atoms with Crippen molar-refractivity contribution in [2.24, 2.45) is 13.0 Å². The lowest BCUT2D eigenvalue weighted by Crippen LogP contribution is -2.14. The molecule has 0 bridgehead atoms. The average molecular weight is 435 g/mol. The van der Waals surface area contributed by atoms with Crippen LogP contribution in [0.3, 0.4) is 0 Å². The number of nitrogens with zero attached hydrogens (tertiary/aromatic N) is 4. The number of rotatable bonds is 5. The second-order valence-corrected chi connectivity index (χ2v) is 7.72. The van der Waals surface area contributed by atoms with Crippen molar-refractivity contribution in [1.82, 2.24) is 19.7 Å². The fourth-order valence-electron chi connectivity index (χ4n) is 3.72. The standard InChI is InChI=1S/C23H19F2N5O2/c1-30-10-14(22(29-30)20-15(24)4-3-5-16(20)25)21-13-8-18(28-23(31)12-6-7-12)19(32-2)9-17(13)26-11-27-21/h3-5,8-12H,6-7H2,1-2H3,(H,28,31). The molecular weight excluding hydrogens is 416 g/mol. The number of fused-ring (bicyclic) bond motifs is 1. The van der Waals surface area contributed by atoms with Crippen molar-refractivity contribution in [2.45, 2.75) is 12.8 Å². The Labute approximate surface area is 182 Å². The Hall–Kier alpha value is -3.88. The Morgan fingerprint density at radius 1 is 1.16 bits per heavy atom. The number of halogens is 2. The molecule has 1 amide bonds. The summed E-state index contributed by atoms with van der Waals surface area (Å²) < 4.78 is 36.0. The maximum Gasteiger partial charge on any atom is 0.227 e. The van der Waals surface area contributed by atoms with Crippen LogP contribution in [0.5, 0.6) is 5.75 Å². The monoisotopic (exact) mass is 435 g/mol. The quantitative estimate of drug-likeness (QED) is 0.505. The SMILES string of the molecule is COc1cc2ncnc(-c3cn(C)nc3-c3c(F)cccc3F)c2cc1NC(=O)C1CC1. The number of amides is 1. The van der Waals surface area contributed by atoms with Crippen LogP contribution in [0.25, 0.3) is 33.4 Å². The zero-order valence-corrected chi connectivity index (χ0v) is 17.4. The summed E-state index contributed by atoms with van der Waals surface area (Å²) in [4.78, 5) is 21.1. The predicted molar refractivity (Wildman–Crippen MR) is 115 cm³/mol. The van der Waals surface area contributed by atoms with E-state index in [1.807, 2.05) is 0 Å². The van der Waals surface area contributed by atoms with E-state index in [0.717, 1.165) is 12.8 Å². The number of anilines is 1. The molecule has 162 valence electrons. The molecule has 2 aromatic carbocycles. The first-order valence-electron chi connectivity index (χ1n) is 10.1. The molecule has 9 heteroatoms. The van der Waals surface area contributed by atoms with E-state index < -0.39 is 11.6 Å². The van der Waals surface area contributed by atoms with Crippen LogP contribution in [0.4, 0.5) is 14.5 Å². The third kappa shape index (κ3) is 3.45. The van der Waals surface area contributed by atoms with Gasteiger partial charge in [0.2, 0.25) is 5.91 Å². The summed E-state index contributed by atoms with van der Waals surface area (Å²) in [5.74, 6) is -1.04. The number of hydrogen-bond donors (Lipinski definition) is 1. The maximum absolute atomic E-state index is 14.6. The van der Waals surface area contributed by atoms with E-state index in [-0.39, 0.29) is 23.1 Å². The van der Waals surface area contributed by atoms with Crippen LogP contribution in [0, 0.1) is 17.6 Å². The minimum absolute atomic E-state index is 0.0100. The molecule has 0 spiro atoms. The van der Waals surface area contributed by atoms with Gasteiger partial charge in [0.05, 0.1) is 29.6 Å². The highest BCUT2D eigenvalue weighted by Crippen LogP contribution is 2.39. The number of methoxy groups -OCH3 is 1. The average Bonchev–Trinajstić information content (AvgIpc) is 3.56. The van der Waals surface area contributed by atoms with Gasteiger partial charge in [-0.05, 0) is 31.0 Å². The van der Waals surface area contributed by atoms with Crippen molar-refractivity contribution in [1.29, 1.82) is 0 Å². The summed E-state index contributed by atoms with van der Waals surface area (Å²) in [5, 5.41) is 7.80. The smallest absolute Gasteiger partial charge is 0.227 e. The summed E-state index contributed by atoms with van der Waals surface area (Å²) >= 11 is 0. The van der Waals surface area contributed by atoms with Gasteiger partial charge in [-0.3, -0.25) is 9.48 Å². The molecule has 0 aliphatic heterocycles. The van der Waals surface area contributed by atoms with Gasteiger partial charge in [0.25, 0.3) is 0 Å². The van der Waals surface area contributed by atoms with Crippen molar-refractivity contribution in [2.75, 3.05) is 12.4 Å². The summed E-state index contributed by atoms with van der Waals surface area (Å²) in [7, 11) is 3.18. The Kier molecular flexibility index (Phi) is 4.80. The van der Waals surface area contributed by atoms with Crippen LogP contribution >= 0.6 is 0 Å². The Balaban J connectivity index is 1.71. The van der Waals surface area contributed by atoms with Crippen molar-refractivity contribution in [3.8, 4) is 28.3 Å². The van der Waals surface area contributed by atoms with Gasteiger partial charge < -0.3 is 10.1 Å². The third-order valence-corrected chi connectivity index (χ3v) is 5.45. The summed E-state index contributed by atoms with van der Waals surface area (Å²) in [6.45, 7) is 0. The first-order valence-corrected chi connectivity index (χ1v) is 10.1. The van der Waals surface area contributed by atoms with E-state index in [0.29, 0.717) is 33.6 Å². The van der Waals surface area contributed by atoms with Crippen molar-refractivity contribution >= 4 is 22.5 Å². The summed E-state index contributed by atoms with van der Waals surface area (Å²) in [6.07, 6.45) is 4.75. The van der Waals surface area contributed by atoms with Gasteiger partial charge in [0.15, 0.2) is 0 Å². The predicted octanol–water partition coefficient (Wildman–Crippen LogP) is 4.33. The van der Waals surface area contributed by atoms with E-state index in [1.54, 1.807) is 25.4 Å². The largest absolute Gasteiger partial charge is 0.494 e. The van der Waals surface area contributed by atoms with E-state index in [4.69, 9.17) is 4.74 Å². The van der Waals surface area contributed by atoms with Crippen molar-refractivity contribution in [3.05, 3.63) is 54.5 Å². The van der Waals surface area contributed by atoms with Gasteiger partial charge >= 0.3 is 0 Å². The number of aryl methyl sites for hydroxylation is 1.